The number of nitrogens with zero attached hydrogens (tertiary/aromatic N) is 5. The van der Waals surface area contributed by atoms with Crippen molar-refractivity contribution in [3.63, 3.8) is 0 Å². The minimum absolute atomic E-state index is 0.00792. The molecule has 2 aromatic heterocycles. The smallest absolute Gasteiger partial charge is 0.276 e. The summed E-state index contributed by atoms with van der Waals surface area (Å²) in [7, 11) is 1.63. The van der Waals surface area contributed by atoms with Crippen LogP contribution in [0.15, 0.2) is 47.3 Å². The van der Waals surface area contributed by atoms with Gasteiger partial charge in [0.25, 0.3) is 11.2 Å². The van der Waals surface area contributed by atoms with Gasteiger partial charge in [-0.2, -0.15) is 0 Å². The van der Waals surface area contributed by atoms with Crippen molar-refractivity contribution >= 4 is 22.4 Å². The number of hydrogen-bond acceptors (Lipinski definition) is 6. The summed E-state index contributed by atoms with van der Waals surface area (Å²) in [5.41, 5.74) is 0.947. The Labute approximate surface area is 152 Å². The molecule has 2 heterocycles. The lowest BCUT2D eigenvalue weighted by molar-refractivity contribution is -0.385. The molecule has 2 aromatic carbocycles. The Balaban J connectivity index is 1.80. The van der Waals surface area contributed by atoms with Crippen molar-refractivity contribution in [3.8, 4) is 5.75 Å². The van der Waals surface area contributed by atoms with Gasteiger partial charge in [-0.1, -0.05) is 18.2 Å². The Morgan fingerprint density at radius 1 is 1.15 bits per heavy atom. The first-order valence-electron chi connectivity index (χ1n) is 8.17. The zero-order valence-electron chi connectivity index (χ0n) is 14.6. The number of nitro groups is 1. The molecule has 0 aliphatic carbocycles. The summed E-state index contributed by atoms with van der Waals surface area (Å²) in [6.07, 6.45) is 0. The van der Waals surface area contributed by atoms with Crippen LogP contribution in [0.25, 0.3) is 16.7 Å². The molecule has 4 aromatic rings. The Bertz CT molecular complexity index is 1260. The van der Waals surface area contributed by atoms with Crippen LogP contribution in [0.3, 0.4) is 0 Å². The van der Waals surface area contributed by atoms with Gasteiger partial charge in [-0.05, 0) is 25.1 Å². The third-order valence-corrected chi connectivity index (χ3v) is 4.50. The lowest BCUT2D eigenvalue weighted by Crippen LogP contribution is -2.20. The fourth-order valence-corrected chi connectivity index (χ4v) is 3.08. The molecule has 0 bridgehead atoms. The van der Waals surface area contributed by atoms with Gasteiger partial charge in [0, 0.05) is 13.1 Å². The standard InChI is InChI=1S/C18H15N5O4/c1-11-13(23(25)26)8-5-9-15(11)27-10-16-19-20-18-21(2)17(24)12-6-3-4-7-14(12)22(16)18/h3-9H,10H2,1-2H3. The number of fused-ring (bicyclic) bond motifs is 3. The van der Waals surface area contributed by atoms with Crippen molar-refractivity contribution in [1.82, 2.24) is 19.2 Å². The molecule has 27 heavy (non-hydrogen) atoms. The zero-order chi connectivity index (χ0) is 19.1. The quantitative estimate of drug-likeness (QED) is 0.406. The minimum atomic E-state index is -0.446. The SMILES string of the molecule is Cc1c(OCc2nnc3n(C)c(=O)c4ccccc4n23)cccc1[N+](=O)[O-]. The largest absolute Gasteiger partial charge is 0.485 e. The second kappa shape index (κ2) is 6.20. The van der Waals surface area contributed by atoms with Crippen molar-refractivity contribution in [1.29, 1.82) is 0 Å². The van der Waals surface area contributed by atoms with Crippen LogP contribution in [0.2, 0.25) is 0 Å². The summed E-state index contributed by atoms with van der Waals surface area (Å²) >= 11 is 0. The second-order valence-electron chi connectivity index (χ2n) is 6.08. The van der Waals surface area contributed by atoms with Crippen molar-refractivity contribution in [2.45, 2.75) is 13.5 Å². The first kappa shape index (κ1) is 16.7. The molecule has 0 amide bonds. The van der Waals surface area contributed by atoms with E-state index in [2.05, 4.69) is 10.2 Å². The predicted octanol–water partition coefficient (Wildman–Crippen LogP) is 2.38. The maximum absolute atomic E-state index is 12.5. The van der Waals surface area contributed by atoms with E-state index in [1.165, 1.54) is 10.6 Å². The first-order valence-corrected chi connectivity index (χ1v) is 8.17. The molecule has 0 fully saturated rings. The topological polar surface area (TPSA) is 105 Å². The van der Waals surface area contributed by atoms with Crippen LogP contribution in [-0.2, 0) is 13.7 Å². The fraction of sp³-hybridized carbons (Fsp3) is 0.167. The van der Waals surface area contributed by atoms with Crippen molar-refractivity contribution in [3.05, 3.63) is 74.3 Å². The third-order valence-electron chi connectivity index (χ3n) is 4.50. The van der Waals surface area contributed by atoms with Crippen LogP contribution in [0.4, 0.5) is 5.69 Å². The van der Waals surface area contributed by atoms with Crippen LogP contribution < -0.4 is 10.3 Å². The lowest BCUT2D eigenvalue weighted by Gasteiger charge is -2.10. The number of rotatable bonds is 4. The van der Waals surface area contributed by atoms with Gasteiger partial charge in [0.1, 0.15) is 12.4 Å². The molecule has 9 heteroatoms. The zero-order valence-corrected chi connectivity index (χ0v) is 14.6. The summed E-state index contributed by atoms with van der Waals surface area (Å²) in [6, 6.07) is 11.8. The summed E-state index contributed by atoms with van der Waals surface area (Å²) in [4.78, 5) is 23.1. The molecule has 0 aliphatic heterocycles. The van der Waals surface area contributed by atoms with Crippen LogP contribution in [0.5, 0.6) is 5.75 Å². The highest BCUT2D eigenvalue weighted by atomic mass is 16.6. The molecular formula is C18H15N5O4. The van der Waals surface area contributed by atoms with E-state index >= 15 is 0 Å². The molecule has 0 spiro atoms. The van der Waals surface area contributed by atoms with Crippen LogP contribution >= 0.6 is 0 Å². The second-order valence-corrected chi connectivity index (χ2v) is 6.08. The molecule has 0 unspecified atom stereocenters. The molecular weight excluding hydrogens is 350 g/mol. The van der Waals surface area contributed by atoms with E-state index in [1.54, 1.807) is 42.6 Å². The fourth-order valence-electron chi connectivity index (χ4n) is 3.08. The van der Waals surface area contributed by atoms with Gasteiger partial charge in [0.05, 0.1) is 21.4 Å². The van der Waals surface area contributed by atoms with Gasteiger partial charge in [0.2, 0.25) is 5.78 Å². The van der Waals surface area contributed by atoms with Gasteiger partial charge in [0.15, 0.2) is 5.82 Å². The van der Waals surface area contributed by atoms with Gasteiger partial charge in [-0.3, -0.25) is 23.9 Å². The molecule has 0 aliphatic rings. The van der Waals surface area contributed by atoms with E-state index in [9.17, 15) is 14.9 Å². The molecule has 9 nitrogen and oxygen atoms in total. The highest BCUT2D eigenvalue weighted by molar-refractivity contribution is 5.80. The summed E-state index contributed by atoms with van der Waals surface area (Å²) in [5.74, 6) is 1.28. The average molecular weight is 365 g/mol. The number of ether oxygens (including phenoxy) is 1. The molecule has 0 radical (unpaired) electrons. The number of benzene rings is 2. The number of para-hydroxylation sites is 1. The van der Waals surface area contributed by atoms with Crippen molar-refractivity contribution < 1.29 is 9.66 Å². The van der Waals surface area contributed by atoms with E-state index in [0.29, 0.717) is 33.8 Å². The highest BCUT2D eigenvalue weighted by Crippen LogP contribution is 2.27. The van der Waals surface area contributed by atoms with Crippen molar-refractivity contribution in [2.75, 3.05) is 0 Å². The monoisotopic (exact) mass is 365 g/mol. The van der Waals surface area contributed by atoms with Gasteiger partial charge in [-0.25, -0.2) is 0 Å². The Hall–Kier alpha value is -3.75. The molecule has 0 N–H and O–H groups in total. The summed E-state index contributed by atoms with van der Waals surface area (Å²) in [6.45, 7) is 1.68. The molecule has 0 saturated heterocycles. The van der Waals surface area contributed by atoms with Gasteiger partial charge < -0.3 is 4.74 Å². The molecule has 0 atom stereocenters. The molecule has 4 rings (SSSR count). The first-order chi connectivity index (χ1) is 13.0. The third kappa shape index (κ3) is 2.60. The highest BCUT2D eigenvalue weighted by Gasteiger charge is 2.17. The maximum Gasteiger partial charge on any atom is 0.276 e. The van der Waals surface area contributed by atoms with E-state index < -0.39 is 4.92 Å². The Morgan fingerprint density at radius 3 is 2.70 bits per heavy atom. The number of aromatic nitrogens is 4. The van der Waals surface area contributed by atoms with Crippen LogP contribution in [0.1, 0.15) is 11.4 Å². The Kier molecular flexibility index (Phi) is 3.84. The summed E-state index contributed by atoms with van der Waals surface area (Å²) in [5, 5.41) is 19.9. The predicted molar refractivity (Wildman–Crippen MR) is 97.9 cm³/mol. The van der Waals surface area contributed by atoms with E-state index in [1.807, 2.05) is 12.1 Å². The van der Waals surface area contributed by atoms with Gasteiger partial charge >= 0.3 is 0 Å². The normalized spacial score (nSPS) is 11.2. The number of hydrogen-bond donors (Lipinski definition) is 0. The average Bonchev–Trinajstić information content (AvgIpc) is 3.09. The number of aryl methyl sites for hydroxylation is 1. The Morgan fingerprint density at radius 2 is 1.93 bits per heavy atom. The minimum Gasteiger partial charge on any atom is -0.485 e. The maximum atomic E-state index is 12.5. The van der Waals surface area contributed by atoms with E-state index in [0.717, 1.165) is 0 Å². The van der Waals surface area contributed by atoms with Gasteiger partial charge in [-0.15, -0.1) is 10.2 Å². The molecule has 136 valence electrons. The number of nitro benzene ring substituents is 1. The summed E-state index contributed by atoms with van der Waals surface area (Å²) < 4.78 is 8.97. The van der Waals surface area contributed by atoms with E-state index in [4.69, 9.17) is 4.74 Å². The van der Waals surface area contributed by atoms with Crippen LogP contribution in [-0.4, -0.2) is 24.1 Å². The molecule has 0 saturated carbocycles. The van der Waals surface area contributed by atoms with Crippen LogP contribution in [0, 0.1) is 17.0 Å². The van der Waals surface area contributed by atoms with E-state index in [-0.39, 0.29) is 17.9 Å². The van der Waals surface area contributed by atoms with Crippen molar-refractivity contribution in [2.24, 2.45) is 7.05 Å². The lowest BCUT2D eigenvalue weighted by atomic mass is 10.2.